The summed E-state index contributed by atoms with van der Waals surface area (Å²) in [7, 11) is -3.48. The Morgan fingerprint density at radius 1 is 1.16 bits per heavy atom. The number of piperazine rings is 1. The molecule has 1 aromatic heterocycles. The number of carbonyl (C=O) groups excluding carboxylic acids is 1. The number of hydrogen-bond donors (Lipinski definition) is 2. The number of halogens is 1. The molecule has 1 amide bonds. The van der Waals surface area contributed by atoms with E-state index in [0.717, 1.165) is 44.4 Å². The molecular formula is C27H34FN5O4S. The lowest BCUT2D eigenvalue weighted by molar-refractivity contribution is -0.136. The number of nitrogens with zero attached hydrogens (tertiary/aromatic N) is 4. The molecular weight excluding hydrogens is 509 g/mol. The minimum Gasteiger partial charge on any atom is -0.390 e. The van der Waals surface area contributed by atoms with Crippen LogP contribution in [0.1, 0.15) is 49.5 Å². The van der Waals surface area contributed by atoms with E-state index in [2.05, 4.69) is 15.3 Å². The van der Waals surface area contributed by atoms with Gasteiger partial charge in [0.1, 0.15) is 11.5 Å². The monoisotopic (exact) mass is 543 g/mol. The molecule has 2 heterocycles. The van der Waals surface area contributed by atoms with Crippen molar-refractivity contribution in [3.05, 3.63) is 42.0 Å². The van der Waals surface area contributed by atoms with Gasteiger partial charge in [-0.3, -0.25) is 4.79 Å². The van der Waals surface area contributed by atoms with E-state index in [4.69, 9.17) is 0 Å². The summed E-state index contributed by atoms with van der Waals surface area (Å²) in [4.78, 5) is 26.1. The number of nitrogens with one attached hydrogen (secondary N) is 1. The number of anilines is 2. The van der Waals surface area contributed by atoms with Crippen molar-refractivity contribution in [1.29, 1.82) is 0 Å². The Bertz CT molecular complexity index is 1350. The van der Waals surface area contributed by atoms with Gasteiger partial charge < -0.3 is 20.2 Å². The summed E-state index contributed by atoms with van der Waals surface area (Å²) in [5, 5.41) is 14.1. The van der Waals surface area contributed by atoms with E-state index in [1.165, 1.54) is 12.1 Å². The van der Waals surface area contributed by atoms with Crippen LogP contribution in [-0.4, -0.2) is 73.0 Å². The van der Waals surface area contributed by atoms with E-state index in [0.29, 0.717) is 54.7 Å². The fourth-order valence-electron chi connectivity index (χ4n) is 7.50. The maximum absolute atomic E-state index is 14.8. The molecule has 4 aliphatic carbocycles. The predicted octanol–water partition coefficient (Wildman–Crippen LogP) is 2.40. The Hall–Kier alpha value is -2.79. The molecule has 9 nitrogen and oxygen atoms in total. The van der Waals surface area contributed by atoms with E-state index in [-0.39, 0.29) is 22.9 Å². The molecule has 1 aromatic carbocycles. The fraction of sp³-hybridized carbons (Fsp3) is 0.593. The summed E-state index contributed by atoms with van der Waals surface area (Å²) >= 11 is 0. The average molecular weight is 544 g/mol. The van der Waals surface area contributed by atoms with Crippen LogP contribution < -0.4 is 15.1 Å². The van der Waals surface area contributed by atoms with Gasteiger partial charge in [0, 0.05) is 44.2 Å². The van der Waals surface area contributed by atoms with Gasteiger partial charge in [0.15, 0.2) is 9.84 Å². The van der Waals surface area contributed by atoms with Gasteiger partial charge in [-0.25, -0.2) is 22.8 Å². The van der Waals surface area contributed by atoms with Crippen LogP contribution in [0, 0.1) is 23.6 Å². The van der Waals surface area contributed by atoms with E-state index in [1.54, 1.807) is 12.3 Å². The normalized spacial score (nSPS) is 32.5. The van der Waals surface area contributed by atoms with Crippen LogP contribution in [0.4, 0.5) is 16.0 Å². The zero-order chi connectivity index (χ0) is 26.8. The molecule has 0 spiro atoms. The zero-order valence-electron chi connectivity index (χ0n) is 21.7. The Balaban J connectivity index is 1.13. The number of aliphatic hydroxyl groups is 1. The van der Waals surface area contributed by atoms with Gasteiger partial charge in [-0.05, 0) is 81.0 Å². The molecule has 3 atom stereocenters. The van der Waals surface area contributed by atoms with Crippen molar-refractivity contribution < 1.29 is 22.7 Å². The van der Waals surface area contributed by atoms with E-state index < -0.39 is 21.3 Å². The second-order valence-corrected chi connectivity index (χ2v) is 13.8. The maximum Gasteiger partial charge on any atom is 0.270 e. The van der Waals surface area contributed by atoms with Crippen molar-refractivity contribution >= 4 is 27.4 Å². The van der Waals surface area contributed by atoms with Gasteiger partial charge in [0.2, 0.25) is 5.95 Å². The predicted molar refractivity (Wildman–Crippen MR) is 140 cm³/mol. The van der Waals surface area contributed by atoms with Gasteiger partial charge in [-0.15, -0.1) is 0 Å². The lowest BCUT2D eigenvalue weighted by Crippen LogP contribution is -2.61. The number of hydrogen-bond acceptors (Lipinski definition) is 8. The number of aromatic nitrogens is 2. The number of sulfone groups is 1. The standard InChI is InChI=1S/C27H34FN5O4S/c1-16-15-32(23-4-3-20(11-21(23)28)38(2,36)37)7-8-33(16)26-29-6-5-22(30-26)25(34)31-24-18-9-17-10-19(24)14-27(35,12-17)13-18/h3-6,11,16-19,24,35H,7-10,12-15H2,1-2H3,(H,31,34)/t16-,17?,18+,19+,24?,27?/m1/s1. The summed E-state index contributed by atoms with van der Waals surface area (Å²) in [6.07, 6.45) is 7.22. The SMILES string of the molecule is C[C@@H]1CN(c2ccc(S(C)(=O)=O)cc2F)CCN1c1nccc(C(=O)NC2[C@H]3CC4C[C@H]2CC(O)(C4)C3)n1. The van der Waals surface area contributed by atoms with E-state index >= 15 is 0 Å². The molecule has 204 valence electrons. The van der Waals surface area contributed by atoms with Crippen LogP contribution in [0.25, 0.3) is 0 Å². The molecule has 0 unspecified atom stereocenters. The first-order valence-electron chi connectivity index (χ1n) is 13.4. The maximum atomic E-state index is 14.8. The minimum absolute atomic E-state index is 0.0431. The van der Waals surface area contributed by atoms with Crippen LogP contribution in [-0.2, 0) is 9.84 Å². The molecule has 4 saturated carbocycles. The van der Waals surface area contributed by atoms with Gasteiger partial charge in [0.25, 0.3) is 5.91 Å². The van der Waals surface area contributed by atoms with Crippen LogP contribution in [0.3, 0.4) is 0 Å². The smallest absolute Gasteiger partial charge is 0.270 e. The largest absolute Gasteiger partial charge is 0.390 e. The molecule has 1 saturated heterocycles. The number of carbonyl (C=O) groups is 1. The summed E-state index contributed by atoms with van der Waals surface area (Å²) in [6, 6.07) is 5.64. The van der Waals surface area contributed by atoms with Crippen molar-refractivity contribution in [2.24, 2.45) is 17.8 Å². The van der Waals surface area contributed by atoms with Crippen molar-refractivity contribution in [3.8, 4) is 0 Å². The highest BCUT2D eigenvalue weighted by molar-refractivity contribution is 7.90. The summed E-state index contributed by atoms with van der Waals surface area (Å²) in [6.45, 7) is 3.50. The molecule has 4 bridgehead atoms. The van der Waals surface area contributed by atoms with Crippen LogP contribution in [0.15, 0.2) is 35.4 Å². The molecule has 38 heavy (non-hydrogen) atoms. The van der Waals surface area contributed by atoms with Crippen molar-refractivity contribution in [2.45, 2.75) is 61.6 Å². The van der Waals surface area contributed by atoms with Gasteiger partial charge in [-0.1, -0.05) is 0 Å². The topological polar surface area (TPSA) is 116 Å². The first-order chi connectivity index (χ1) is 18.0. The summed E-state index contributed by atoms with van der Waals surface area (Å²) in [5.74, 6) is 0.880. The third-order valence-electron chi connectivity index (χ3n) is 8.99. The Morgan fingerprint density at radius 3 is 2.53 bits per heavy atom. The minimum atomic E-state index is -3.48. The second-order valence-electron chi connectivity index (χ2n) is 11.8. The summed E-state index contributed by atoms with van der Waals surface area (Å²) < 4.78 is 38.3. The second kappa shape index (κ2) is 9.15. The van der Waals surface area contributed by atoms with Crippen LogP contribution in [0.2, 0.25) is 0 Å². The number of amides is 1. The molecule has 2 N–H and O–H groups in total. The van der Waals surface area contributed by atoms with E-state index in [9.17, 15) is 22.7 Å². The molecule has 2 aromatic rings. The first kappa shape index (κ1) is 25.5. The highest BCUT2D eigenvalue weighted by Crippen LogP contribution is 2.55. The number of rotatable bonds is 5. The fourth-order valence-corrected chi connectivity index (χ4v) is 8.14. The Labute approximate surface area is 222 Å². The first-order valence-corrected chi connectivity index (χ1v) is 15.3. The lowest BCUT2D eigenvalue weighted by Gasteiger charge is -2.58. The third-order valence-corrected chi connectivity index (χ3v) is 10.1. The molecule has 11 heteroatoms. The van der Waals surface area contributed by atoms with Crippen LogP contribution in [0.5, 0.6) is 0 Å². The molecule has 7 rings (SSSR count). The lowest BCUT2D eigenvalue weighted by atomic mass is 9.52. The van der Waals surface area contributed by atoms with Crippen molar-refractivity contribution in [2.75, 3.05) is 35.7 Å². The molecule has 1 aliphatic heterocycles. The average Bonchev–Trinajstić information content (AvgIpc) is 2.84. The van der Waals surface area contributed by atoms with Gasteiger partial charge in [0.05, 0.1) is 16.2 Å². The van der Waals surface area contributed by atoms with Crippen molar-refractivity contribution in [3.63, 3.8) is 0 Å². The van der Waals surface area contributed by atoms with E-state index in [1.807, 2.05) is 16.7 Å². The summed E-state index contributed by atoms with van der Waals surface area (Å²) in [5.41, 5.74) is 0.134. The molecule has 0 radical (unpaired) electrons. The van der Waals surface area contributed by atoms with Crippen molar-refractivity contribution in [1.82, 2.24) is 15.3 Å². The van der Waals surface area contributed by atoms with Gasteiger partial charge >= 0.3 is 0 Å². The molecule has 5 aliphatic rings. The van der Waals surface area contributed by atoms with Crippen LogP contribution >= 0.6 is 0 Å². The molecule has 5 fully saturated rings. The highest BCUT2D eigenvalue weighted by Gasteiger charge is 2.55. The Morgan fingerprint density at radius 2 is 1.89 bits per heavy atom. The zero-order valence-corrected chi connectivity index (χ0v) is 22.5. The quantitative estimate of drug-likeness (QED) is 0.591. The number of benzene rings is 1. The third kappa shape index (κ3) is 4.64. The highest BCUT2D eigenvalue weighted by atomic mass is 32.2. The Kier molecular flexibility index (Phi) is 6.14. The van der Waals surface area contributed by atoms with Gasteiger partial charge in [-0.2, -0.15) is 0 Å².